The third kappa shape index (κ3) is 2.76. The Kier molecular flexibility index (Phi) is 3.29. The maximum atomic E-state index is 4.05. The van der Waals surface area contributed by atoms with Crippen molar-refractivity contribution in [1.82, 2.24) is 15.4 Å². The van der Waals surface area contributed by atoms with Crippen LogP contribution in [0, 0.1) is 0 Å². The van der Waals surface area contributed by atoms with Crippen LogP contribution in [0.2, 0.25) is 0 Å². The van der Waals surface area contributed by atoms with Gasteiger partial charge in [0.2, 0.25) is 0 Å². The van der Waals surface area contributed by atoms with Crippen molar-refractivity contribution in [2.24, 2.45) is 0 Å². The Morgan fingerprint density at radius 3 is 2.92 bits per heavy atom. The van der Waals surface area contributed by atoms with Gasteiger partial charge in [0.15, 0.2) is 0 Å². The van der Waals surface area contributed by atoms with Crippen molar-refractivity contribution in [2.75, 3.05) is 13.1 Å². The van der Waals surface area contributed by atoms with Crippen molar-refractivity contribution in [3.63, 3.8) is 0 Å². The van der Waals surface area contributed by atoms with Gasteiger partial charge in [-0.2, -0.15) is 0 Å². The molecule has 1 aromatic heterocycles. The van der Waals surface area contributed by atoms with Crippen molar-refractivity contribution in [1.29, 1.82) is 0 Å². The fourth-order valence-corrected chi connectivity index (χ4v) is 2.10. The average Bonchev–Trinajstić information content (AvgIpc) is 2.69. The van der Waals surface area contributed by atoms with E-state index in [2.05, 4.69) is 15.4 Å². The molecule has 0 saturated carbocycles. The van der Waals surface area contributed by atoms with Crippen LogP contribution in [0.5, 0.6) is 0 Å². The molecule has 0 radical (unpaired) electrons. The molecule has 1 aliphatic heterocycles. The zero-order valence-electron chi connectivity index (χ0n) is 7.70. The lowest BCUT2D eigenvalue weighted by atomic mass is 10.2. The summed E-state index contributed by atoms with van der Waals surface area (Å²) in [5.74, 6) is 0. The molecule has 4 heteroatoms. The van der Waals surface area contributed by atoms with Crippen LogP contribution in [0.1, 0.15) is 24.1 Å². The maximum absolute atomic E-state index is 4.05. The first kappa shape index (κ1) is 9.12. The minimum absolute atomic E-state index is 0.935. The van der Waals surface area contributed by atoms with E-state index in [-0.39, 0.29) is 0 Å². The van der Waals surface area contributed by atoms with Crippen molar-refractivity contribution < 1.29 is 0 Å². The minimum atomic E-state index is 0.935. The second kappa shape index (κ2) is 4.69. The van der Waals surface area contributed by atoms with Crippen molar-refractivity contribution >= 4 is 11.3 Å². The molecule has 0 aromatic carbocycles. The molecule has 0 unspecified atom stereocenters. The summed E-state index contributed by atoms with van der Waals surface area (Å²) < 4.78 is 0. The molecule has 3 nitrogen and oxygen atoms in total. The van der Waals surface area contributed by atoms with E-state index in [0.29, 0.717) is 0 Å². The summed E-state index contributed by atoms with van der Waals surface area (Å²) in [5, 5.41) is 2.32. The number of piperidine rings is 1. The SMILES string of the molecule is c1ncc(CNN2CCCCC2)s1. The Hall–Kier alpha value is -0.450. The van der Waals surface area contributed by atoms with Crippen LogP contribution in [-0.2, 0) is 6.54 Å². The van der Waals surface area contributed by atoms with Crippen LogP contribution >= 0.6 is 11.3 Å². The number of nitrogens with zero attached hydrogens (tertiary/aromatic N) is 2. The number of thiazole rings is 1. The average molecular weight is 197 g/mol. The molecule has 1 saturated heterocycles. The van der Waals surface area contributed by atoms with Gasteiger partial charge in [0.1, 0.15) is 0 Å². The highest BCUT2D eigenvalue weighted by Gasteiger charge is 2.08. The first-order valence-corrected chi connectivity index (χ1v) is 5.69. The van der Waals surface area contributed by atoms with Gasteiger partial charge in [-0.05, 0) is 12.8 Å². The standard InChI is InChI=1S/C9H15N3S/c1-2-4-12(5-3-1)11-7-9-6-10-8-13-9/h6,8,11H,1-5,7H2. The predicted molar refractivity (Wildman–Crippen MR) is 54.4 cm³/mol. The minimum Gasteiger partial charge on any atom is -0.253 e. The fourth-order valence-electron chi connectivity index (χ4n) is 1.57. The molecule has 0 bridgehead atoms. The van der Waals surface area contributed by atoms with Crippen molar-refractivity contribution in [2.45, 2.75) is 25.8 Å². The van der Waals surface area contributed by atoms with Gasteiger partial charge in [0.05, 0.1) is 5.51 Å². The van der Waals surface area contributed by atoms with E-state index in [1.807, 2.05) is 11.7 Å². The van der Waals surface area contributed by atoms with Crippen molar-refractivity contribution in [3.05, 3.63) is 16.6 Å². The molecule has 72 valence electrons. The van der Waals surface area contributed by atoms with E-state index in [1.165, 1.54) is 37.2 Å². The number of rotatable bonds is 3. The Morgan fingerprint density at radius 1 is 1.38 bits per heavy atom. The van der Waals surface area contributed by atoms with Crippen LogP contribution in [0.4, 0.5) is 0 Å². The summed E-state index contributed by atoms with van der Waals surface area (Å²) in [7, 11) is 0. The molecular formula is C9H15N3S. The second-order valence-electron chi connectivity index (χ2n) is 3.35. The van der Waals surface area contributed by atoms with E-state index in [9.17, 15) is 0 Å². The summed E-state index contributed by atoms with van der Waals surface area (Å²) in [6.45, 7) is 3.32. The zero-order chi connectivity index (χ0) is 8.93. The molecule has 0 amide bonds. The van der Waals surface area contributed by atoms with E-state index in [0.717, 1.165) is 6.54 Å². The molecule has 2 rings (SSSR count). The molecule has 13 heavy (non-hydrogen) atoms. The first-order chi connectivity index (χ1) is 6.45. The van der Waals surface area contributed by atoms with Crippen LogP contribution in [0.3, 0.4) is 0 Å². The van der Waals surface area contributed by atoms with Crippen LogP contribution in [0.15, 0.2) is 11.7 Å². The molecule has 0 atom stereocenters. The van der Waals surface area contributed by atoms with Crippen molar-refractivity contribution in [3.8, 4) is 0 Å². The van der Waals surface area contributed by atoms with Gasteiger partial charge in [0.25, 0.3) is 0 Å². The Morgan fingerprint density at radius 2 is 2.23 bits per heavy atom. The van der Waals surface area contributed by atoms with Crippen LogP contribution < -0.4 is 5.43 Å². The molecule has 0 spiro atoms. The van der Waals surface area contributed by atoms with E-state index in [4.69, 9.17) is 0 Å². The summed E-state index contributed by atoms with van der Waals surface area (Å²) in [5.41, 5.74) is 5.31. The molecule has 1 aromatic rings. The van der Waals surface area contributed by atoms with E-state index >= 15 is 0 Å². The van der Waals surface area contributed by atoms with Gasteiger partial charge in [-0.1, -0.05) is 6.42 Å². The van der Waals surface area contributed by atoms with Gasteiger partial charge in [0, 0.05) is 30.7 Å². The number of hydrogen-bond acceptors (Lipinski definition) is 4. The lowest BCUT2D eigenvalue weighted by Crippen LogP contribution is -2.40. The Labute approximate surface area is 82.8 Å². The number of hydrazine groups is 1. The monoisotopic (exact) mass is 197 g/mol. The van der Waals surface area contributed by atoms with Gasteiger partial charge < -0.3 is 0 Å². The molecule has 1 N–H and O–H groups in total. The highest BCUT2D eigenvalue weighted by molar-refractivity contribution is 7.09. The van der Waals surface area contributed by atoms with Gasteiger partial charge >= 0.3 is 0 Å². The summed E-state index contributed by atoms with van der Waals surface area (Å²) >= 11 is 1.71. The predicted octanol–water partition coefficient (Wildman–Crippen LogP) is 1.63. The summed E-state index contributed by atoms with van der Waals surface area (Å²) in [6.07, 6.45) is 5.98. The lowest BCUT2D eigenvalue weighted by molar-refractivity contribution is 0.152. The topological polar surface area (TPSA) is 28.2 Å². The van der Waals surface area contributed by atoms with Gasteiger partial charge in [-0.3, -0.25) is 4.98 Å². The maximum Gasteiger partial charge on any atom is 0.0794 e. The zero-order valence-corrected chi connectivity index (χ0v) is 8.52. The lowest BCUT2D eigenvalue weighted by Gasteiger charge is -2.26. The quantitative estimate of drug-likeness (QED) is 0.798. The normalized spacial score (nSPS) is 19.1. The van der Waals surface area contributed by atoms with Crippen LogP contribution in [-0.4, -0.2) is 23.1 Å². The highest BCUT2D eigenvalue weighted by Crippen LogP contribution is 2.08. The highest BCUT2D eigenvalue weighted by atomic mass is 32.1. The van der Waals surface area contributed by atoms with E-state index in [1.54, 1.807) is 11.3 Å². The third-order valence-electron chi connectivity index (χ3n) is 2.32. The van der Waals surface area contributed by atoms with Gasteiger partial charge in [-0.15, -0.1) is 11.3 Å². The molecular weight excluding hydrogens is 182 g/mol. The smallest absolute Gasteiger partial charge is 0.0794 e. The number of nitrogens with one attached hydrogen (secondary N) is 1. The van der Waals surface area contributed by atoms with Crippen LogP contribution in [0.25, 0.3) is 0 Å². The Balaban J connectivity index is 1.72. The molecule has 1 fully saturated rings. The molecule has 2 heterocycles. The number of hydrogen-bond donors (Lipinski definition) is 1. The fraction of sp³-hybridized carbons (Fsp3) is 0.667. The first-order valence-electron chi connectivity index (χ1n) is 4.81. The Bertz CT molecular complexity index is 229. The summed E-state index contributed by atoms with van der Waals surface area (Å²) in [4.78, 5) is 5.36. The summed E-state index contributed by atoms with van der Waals surface area (Å²) in [6, 6.07) is 0. The molecule has 0 aliphatic carbocycles. The van der Waals surface area contributed by atoms with Gasteiger partial charge in [-0.25, -0.2) is 10.4 Å². The second-order valence-corrected chi connectivity index (χ2v) is 4.32. The third-order valence-corrected chi connectivity index (χ3v) is 3.10. The molecule has 1 aliphatic rings. The largest absolute Gasteiger partial charge is 0.253 e. The number of aromatic nitrogens is 1. The van der Waals surface area contributed by atoms with E-state index < -0.39 is 0 Å².